The molecular weight excluding hydrogens is 291 g/mol. The molecule has 4 heteroatoms. The Kier molecular flexibility index (Phi) is 3.99. The van der Waals surface area contributed by atoms with Gasteiger partial charge in [0.05, 0.1) is 0 Å². The lowest BCUT2D eigenvalue weighted by atomic mass is 10.1. The summed E-state index contributed by atoms with van der Waals surface area (Å²) in [5, 5.41) is 1.31. The standard InChI is InChI=1S/C16H16Cl2N2/c17-14-5-13(6-15(18)7-14)16(8-19)20-9-11-3-1-2-4-12(11)10-20/h1-7,16H,8-10,19H2. The van der Waals surface area contributed by atoms with Gasteiger partial charge in [0.1, 0.15) is 0 Å². The average molecular weight is 307 g/mol. The summed E-state index contributed by atoms with van der Waals surface area (Å²) < 4.78 is 0. The largest absolute Gasteiger partial charge is 0.329 e. The molecule has 3 rings (SSSR count). The third-order valence-electron chi connectivity index (χ3n) is 3.80. The van der Waals surface area contributed by atoms with E-state index in [0.717, 1.165) is 18.7 Å². The number of nitrogens with two attached hydrogens (primary N) is 1. The molecular formula is C16H16Cl2N2. The molecule has 2 aromatic carbocycles. The summed E-state index contributed by atoms with van der Waals surface area (Å²) in [6.07, 6.45) is 0. The van der Waals surface area contributed by atoms with E-state index < -0.39 is 0 Å². The lowest BCUT2D eigenvalue weighted by Gasteiger charge is -2.27. The van der Waals surface area contributed by atoms with Crippen molar-refractivity contribution in [3.05, 3.63) is 69.2 Å². The lowest BCUT2D eigenvalue weighted by Crippen LogP contribution is -2.29. The highest BCUT2D eigenvalue weighted by molar-refractivity contribution is 6.34. The first-order valence-corrected chi connectivity index (χ1v) is 7.40. The second-order valence-corrected chi connectivity index (χ2v) is 6.00. The van der Waals surface area contributed by atoms with E-state index in [1.165, 1.54) is 11.1 Å². The number of nitrogens with zero attached hydrogens (tertiary/aromatic N) is 1. The topological polar surface area (TPSA) is 29.3 Å². The van der Waals surface area contributed by atoms with Crippen molar-refractivity contribution in [1.29, 1.82) is 0 Å². The number of hydrogen-bond donors (Lipinski definition) is 1. The van der Waals surface area contributed by atoms with Crippen molar-refractivity contribution in [3.8, 4) is 0 Å². The maximum Gasteiger partial charge on any atom is 0.0478 e. The van der Waals surface area contributed by atoms with E-state index >= 15 is 0 Å². The van der Waals surface area contributed by atoms with E-state index in [-0.39, 0.29) is 6.04 Å². The number of rotatable bonds is 3. The van der Waals surface area contributed by atoms with Gasteiger partial charge in [0.2, 0.25) is 0 Å². The average Bonchev–Trinajstić information content (AvgIpc) is 2.81. The fraction of sp³-hybridized carbons (Fsp3) is 0.250. The highest BCUT2D eigenvalue weighted by atomic mass is 35.5. The summed E-state index contributed by atoms with van der Waals surface area (Å²) in [4.78, 5) is 2.37. The molecule has 2 aromatic rings. The predicted octanol–water partition coefficient (Wildman–Crippen LogP) is 4.01. The molecule has 1 atom stereocenters. The minimum Gasteiger partial charge on any atom is -0.329 e. The Morgan fingerprint density at radius 1 is 1.00 bits per heavy atom. The van der Waals surface area contributed by atoms with Gasteiger partial charge in [-0.1, -0.05) is 47.5 Å². The van der Waals surface area contributed by atoms with Crippen LogP contribution in [0.2, 0.25) is 10.0 Å². The van der Waals surface area contributed by atoms with Crippen LogP contribution in [0.15, 0.2) is 42.5 Å². The smallest absolute Gasteiger partial charge is 0.0478 e. The number of hydrogen-bond acceptors (Lipinski definition) is 2. The van der Waals surface area contributed by atoms with Gasteiger partial charge in [-0.15, -0.1) is 0 Å². The zero-order chi connectivity index (χ0) is 14.1. The van der Waals surface area contributed by atoms with E-state index in [4.69, 9.17) is 28.9 Å². The molecule has 0 aromatic heterocycles. The summed E-state index contributed by atoms with van der Waals surface area (Å²) in [6, 6.07) is 14.3. The van der Waals surface area contributed by atoms with Crippen LogP contribution in [0.3, 0.4) is 0 Å². The predicted molar refractivity (Wildman–Crippen MR) is 83.9 cm³/mol. The molecule has 2 nitrogen and oxygen atoms in total. The molecule has 0 saturated carbocycles. The van der Waals surface area contributed by atoms with Gasteiger partial charge in [-0.25, -0.2) is 0 Å². The van der Waals surface area contributed by atoms with Crippen LogP contribution < -0.4 is 5.73 Å². The van der Waals surface area contributed by atoms with Gasteiger partial charge in [-0.05, 0) is 34.9 Å². The van der Waals surface area contributed by atoms with E-state index in [1.54, 1.807) is 6.07 Å². The molecule has 0 bridgehead atoms. The van der Waals surface area contributed by atoms with Gasteiger partial charge < -0.3 is 5.73 Å². The zero-order valence-corrected chi connectivity index (χ0v) is 12.5. The highest BCUT2D eigenvalue weighted by Crippen LogP contribution is 2.32. The minimum atomic E-state index is 0.138. The van der Waals surface area contributed by atoms with Crippen LogP contribution >= 0.6 is 23.2 Å². The van der Waals surface area contributed by atoms with Crippen molar-refractivity contribution >= 4 is 23.2 Å². The fourth-order valence-electron chi connectivity index (χ4n) is 2.84. The first-order chi connectivity index (χ1) is 9.67. The molecule has 104 valence electrons. The van der Waals surface area contributed by atoms with E-state index in [1.807, 2.05) is 12.1 Å². The van der Waals surface area contributed by atoms with Crippen LogP contribution in [-0.2, 0) is 13.1 Å². The second-order valence-electron chi connectivity index (χ2n) is 5.13. The monoisotopic (exact) mass is 306 g/mol. The maximum absolute atomic E-state index is 6.10. The molecule has 0 fully saturated rings. The second kappa shape index (κ2) is 5.74. The van der Waals surface area contributed by atoms with Crippen molar-refractivity contribution < 1.29 is 0 Å². The lowest BCUT2D eigenvalue weighted by molar-refractivity contribution is 0.205. The van der Waals surface area contributed by atoms with Crippen LogP contribution in [0.25, 0.3) is 0 Å². The molecule has 0 amide bonds. The summed E-state index contributed by atoms with van der Waals surface area (Å²) in [6.45, 7) is 2.38. The van der Waals surface area contributed by atoms with Gasteiger partial charge in [0.15, 0.2) is 0 Å². The fourth-order valence-corrected chi connectivity index (χ4v) is 3.39. The van der Waals surface area contributed by atoms with Crippen LogP contribution in [-0.4, -0.2) is 11.4 Å². The van der Waals surface area contributed by atoms with Gasteiger partial charge in [0.25, 0.3) is 0 Å². The van der Waals surface area contributed by atoms with Crippen LogP contribution in [0.5, 0.6) is 0 Å². The summed E-state index contributed by atoms with van der Waals surface area (Å²) in [5.74, 6) is 0. The molecule has 1 aliphatic heterocycles. The van der Waals surface area contributed by atoms with Gasteiger partial charge in [-0.2, -0.15) is 0 Å². The van der Waals surface area contributed by atoms with E-state index in [0.29, 0.717) is 16.6 Å². The summed E-state index contributed by atoms with van der Waals surface area (Å²) in [7, 11) is 0. The molecule has 1 heterocycles. The Balaban J connectivity index is 1.88. The van der Waals surface area contributed by atoms with Crippen molar-refractivity contribution in [2.45, 2.75) is 19.1 Å². The molecule has 1 unspecified atom stereocenters. The normalized spacial score (nSPS) is 16.1. The Labute approximate surface area is 129 Å². The Morgan fingerprint density at radius 3 is 2.05 bits per heavy atom. The third-order valence-corrected chi connectivity index (χ3v) is 4.24. The molecule has 0 spiro atoms. The first kappa shape index (κ1) is 13.9. The molecule has 0 aliphatic carbocycles. The van der Waals surface area contributed by atoms with Crippen molar-refractivity contribution in [2.24, 2.45) is 5.73 Å². The molecule has 1 aliphatic rings. The van der Waals surface area contributed by atoms with Gasteiger partial charge in [0, 0.05) is 35.7 Å². The highest BCUT2D eigenvalue weighted by Gasteiger charge is 2.26. The van der Waals surface area contributed by atoms with Crippen LogP contribution in [0.4, 0.5) is 0 Å². The van der Waals surface area contributed by atoms with E-state index in [2.05, 4.69) is 29.2 Å². The SMILES string of the molecule is NCC(c1cc(Cl)cc(Cl)c1)N1Cc2ccccc2C1. The number of fused-ring (bicyclic) bond motifs is 1. The molecule has 0 radical (unpaired) electrons. The zero-order valence-electron chi connectivity index (χ0n) is 11.0. The van der Waals surface area contributed by atoms with Crippen molar-refractivity contribution in [1.82, 2.24) is 4.90 Å². The summed E-state index contributed by atoms with van der Waals surface area (Å²) >= 11 is 12.2. The first-order valence-electron chi connectivity index (χ1n) is 6.64. The Hall–Kier alpha value is -1.06. The van der Waals surface area contributed by atoms with Gasteiger partial charge in [-0.3, -0.25) is 4.90 Å². The maximum atomic E-state index is 6.10. The number of benzene rings is 2. The molecule has 20 heavy (non-hydrogen) atoms. The van der Waals surface area contributed by atoms with E-state index in [9.17, 15) is 0 Å². The third kappa shape index (κ3) is 2.70. The Bertz CT molecular complexity index is 582. The molecule has 0 saturated heterocycles. The quantitative estimate of drug-likeness (QED) is 0.928. The van der Waals surface area contributed by atoms with Crippen molar-refractivity contribution in [3.63, 3.8) is 0 Å². The summed E-state index contributed by atoms with van der Waals surface area (Å²) in [5.41, 5.74) is 9.82. The Morgan fingerprint density at radius 2 is 1.55 bits per heavy atom. The van der Waals surface area contributed by atoms with Crippen LogP contribution in [0, 0.1) is 0 Å². The molecule has 2 N–H and O–H groups in total. The van der Waals surface area contributed by atoms with Crippen molar-refractivity contribution in [2.75, 3.05) is 6.54 Å². The van der Waals surface area contributed by atoms with Crippen LogP contribution in [0.1, 0.15) is 22.7 Å². The minimum absolute atomic E-state index is 0.138. The number of halogens is 2. The van der Waals surface area contributed by atoms with Gasteiger partial charge >= 0.3 is 0 Å².